The molecule has 1 aromatic heterocycles. The number of allylic oxidation sites excluding steroid dienone is 3. The maximum atomic E-state index is 15.5. The number of carbonyl (C=O) groups excluding carboxylic acids is 4. The molecule has 0 unspecified atom stereocenters. The zero-order valence-corrected chi connectivity index (χ0v) is 35.3. The van der Waals surface area contributed by atoms with Crippen LogP contribution in [0.4, 0.5) is 11.4 Å². The number of phenols is 1. The van der Waals surface area contributed by atoms with E-state index in [9.17, 15) is 14.7 Å². The van der Waals surface area contributed by atoms with Crippen LogP contribution in [0.3, 0.4) is 0 Å². The Morgan fingerprint density at radius 3 is 2.37 bits per heavy atom. The molecular weight excluding hydrogens is 843 g/mol. The Morgan fingerprint density at radius 1 is 0.857 bits per heavy atom. The summed E-state index contributed by atoms with van der Waals surface area (Å²) < 4.78 is 16.9. The second-order valence-corrected chi connectivity index (χ2v) is 16.9. The highest BCUT2D eigenvalue weighted by Gasteiger charge is 2.69. The maximum absolute atomic E-state index is 15.5. The molecule has 0 spiro atoms. The molecule has 1 saturated carbocycles. The smallest absolute Gasteiger partial charge is 0.260 e. The molecular formula is C49H38Cl2N4O8. The van der Waals surface area contributed by atoms with Crippen molar-refractivity contribution in [3.63, 3.8) is 0 Å². The lowest BCUT2D eigenvalue weighted by molar-refractivity contribution is -0.139. The summed E-state index contributed by atoms with van der Waals surface area (Å²) in [7, 11) is 3.00. The van der Waals surface area contributed by atoms with Crippen LogP contribution in [0.15, 0.2) is 131 Å². The number of fused-ring (bicyclic) bond motifs is 5. The molecule has 12 nitrogen and oxygen atoms in total. The number of halogens is 2. The van der Waals surface area contributed by atoms with Gasteiger partial charge in [-0.2, -0.15) is 5.01 Å². The van der Waals surface area contributed by atoms with Gasteiger partial charge in [0.05, 0.1) is 53.8 Å². The number of rotatable bonds is 9. The van der Waals surface area contributed by atoms with Gasteiger partial charge in [0.25, 0.3) is 11.8 Å². The normalized spacial score (nSPS) is 24.1. The predicted molar refractivity (Wildman–Crippen MR) is 237 cm³/mol. The summed E-state index contributed by atoms with van der Waals surface area (Å²) >= 11 is 12.8. The summed E-state index contributed by atoms with van der Waals surface area (Å²) in [4.78, 5) is 65.7. The number of aromatic hydroxyl groups is 1. The van der Waals surface area contributed by atoms with Crippen LogP contribution in [0.1, 0.15) is 24.0 Å². The number of nitrogens with zero attached hydrogens (tertiary/aromatic N) is 3. The lowest BCUT2D eigenvalue weighted by Crippen LogP contribution is -2.54. The zero-order chi connectivity index (χ0) is 43.7. The van der Waals surface area contributed by atoms with Crippen molar-refractivity contribution >= 4 is 75.4 Å². The van der Waals surface area contributed by atoms with Gasteiger partial charge < -0.3 is 19.0 Å². The maximum Gasteiger partial charge on any atom is 0.260 e. The van der Waals surface area contributed by atoms with Crippen molar-refractivity contribution < 1.29 is 38.2 Å². The van der Waals surface area contributed by atoms with Gasteiger partial charge >= 0.3 is 0 Å². The lowest BCUT2D eigenvalue weighted by Gasteiger charge is -2.49. The SMILES string of the molecule is COc1ccc([C@@]23C(=O)N(Nc4ccc(Cl)cc4Cl)C(=O)[C@@H]2C[C@@H]2C(=CC[C@@H]4C(=O)N(c5ccc(-c6nc7ccccc7o6)cc5)C(=O)[C@@H]42)[C@@H]3C=Cc2ccc(O)c(OC)c2)cc1. The Balaban J connectivity index is 1.08. The molecule has 2 N–H and O–H groups in total. The average Bonchev–Trinajstić information content (AvgIpc) is 3.91. The first-order valence-corrected chi connectivity index (χ1v) is 21.1. The molecule has 63 heavy (non-hydrogen) atoms. The zero-order valence-electron chi connectivity index (χ0n) is 33.8. The fourth-order valence-electron chi connectivity index (χ4n) is 10.1. The summed E-state index contributed by atoms with van der Waals surface area (Å²) in [5.41, 5.74) is 6.20. The van der Waals surface area contributed by atoms with E-state index >= 15 is 9.59 Å². The summed E-state index contributed by atoms with van der Waals surface area (Å²) in [6.45, 7) is 0. The Morgan fingerprint density at radius 2 is 1.63 bits per heavy atom. The quantitative estimate of drug-likeness (QED) is 0.106. The van der Waals surface area contributed by atoms with E-state index in [0.29, 0.717) is 55.8 Å². The molecule has 4 aliphatic rings. The average molecular weight is 882 g/mol. The van der Waals surface area contributed by atoms with E-state index in [4.69, 9.17) is 37.1 Å². The summed E-state index contributed by atoms with van der Waals surface area (Å²) in [6.07, 6.45) is 6.02. The molecule has 3 fully saturated rings. The van der Waals surface area contributed by atoms with Crippen LogP contribution in [-0.2, 0) is 24.6 Å². The van der Waals surface area contributed by atoms with Gasteiger partial charge in [0.2, 0.25) is 17.7 Å². The Labute approximate surface area is 371 Å². The molecule has 2 aliphatic heterocycles. The van der Waals surface area contributed by atoms with Crippen molar-refractivity contribution in [1.82, 2.24) is 9.99 Å². The van der Waals surface area contributed by atoms with Crippen molar-refractivity contribution in [1.29, 1.82) is 0 Å². The van der Waals surface area contributed by atoms with Crippen LogP contribution >= 0.6 is 23.2 Å². The topological polar surface area (TPSA) is 152 Å². The first-order chi connectivity index (χ1) is 30.5. The highest BCUT2D eigenvalue weighted by Crippen LogP contribution is 2.62. The first-order valence-electron chi connectivity index (χ1n) is 20.4. The number of amides is 4. The van der Waals surface area contributed by atoms with Crippen LogP contribution in [-0.4, -0.2) is 52.9 Å². The van der Waals surface area contributed by atoms with Crippen molar-refractivity contribution in [3.05, 3.63) is 148 Å². The molecule has 0 radical (unpaired) electrons. The molecule has 2 saturated heterocycles. The molecule has 2 aliphatic carbocycles. The van der Waals surface area contributed by atoms with Crippen LogP contribution in [0.5, 0.6) is 17.2 Å². The molecule has 316 valence electrons. The van der Waals surface area contributed by atoms with E-state index in [1.54, 1.807) is 79.9 Å². The van der Waals surface area contributed by atoms with E-state index in [-0.39, 0.29) is 41.2 Å². The van der Waals surface area contributed by atoms with Crippen molar-refractivity contribution in [2.45, 2.75) is 18.3 Å². The minimum atomic E-state index is -1.53. The van der Waals surface area contributed by atoms with E-state index in [0.717, 1.165) is 10.6 Å². The van der Waals surface area contributed by atoms with Gasteiger partial charge in [0.15, 0.2) is 17.1 Å². The number of ether oxygens (including phenoxy) is 2. The van der Waals surface area contributed by atoms with Gasteiger partial charge in [-0.25, -0.2) is 4.98 Å². The van der Waals surface area contributed by atoms with Crippen molar-refractivity contribution in [3.8, 4) is 28.7 Å². The fourth-order valence-corrected chi connectivity index (χ4v) is 10.5. The van der Waals surface area contributed by atoms with Crippen molar-refractivity contribution in [2.75, 3.05) is 24.5 Å². The number of oxazole rings is 1. The third-order valence-electron chi connectivity index (χ3n) is 13.0. The number of para-hydroxylation sites is 2. The monoisotopic (exact) mass is 880 g/mol. The van der Waals surface area contributed by atoms with Crippen LogP contribution in [0.25, 0.3) is 28.6 Å². The molecule has 6 aromatic rings. The van der Waals surface area contributed by atoms with E-state index in [2.05, 4.69) is 10.4 Å². The highest BCUT2D eigenvalue weighted by atomic mass is 35.5. The molecule has 0 bridgehead atoms. The number of carbonyl (C=O) groups is 4. The van der Waals surface area contributed by atoms with Crippen LogP contribution < -0.4 is 19.8 Å². The van der Waals surface area contributed by atoms with Gasteiger partial charge in [0.1, 0.15) is 11.3 Å². The number of nitrogens with one attached hydrogen (secondary N) is 1. The van der Waals surface area contributed by atoms with Gasteiger partial charge in [-0.1, -0.05) is 77.3 Å². The van der Waals surface area contributed by atoms with Gasteiger partial charge in [0, 0.05) is 16.5 Å². The second kappa shape index (κ2) is 15.5. The number of hydrogen-bond acceptors (Lipinski definition) is 10. The molecule has 6 atom stereocenters. The molecule has 5 aromatic carbocycles. The number of methoxy groups -OCH3 is 2. The number of imide groups is 2. The Bertz CT molecular complexity index is 2900. The third kappa shape index (κ3) is 6.38. The minimum absolute atomic E-state index is 0.0443. The number of benzene rings is 5. The van der Waals surface area contributed by atoms with Crippen LogP contribution in [0, 0.1) is 29.6 Å². The minimum Gasteiger partial charge on any atom is -0.504 e. The molecule has 3 heterocycles. The molecule has 10 rings (SSSR count). The summed E-state index contributed by atoms with van der Waals surface area (Å²) in [5.74, 6) is -4.50. The van der Waals surface area contributed by atoms with Gasteiger partial charge in [-0.15, -0.1) is 0 Å². The first kappa shape index (κ1) is 40.2. The summed E-state index contributed by atoms with van der Waals surface area (Å²) in [6, 6.07) is 31.1. The number of aromatic nitrogens is 1. The fraction of sp³-hybridized carbons (Fsp3) is 0.204. The summed E-state index contributed by atoms with van der Waals surface area (Å²) in [5, 5.41) is 12.0. The van der Waals surface area contributed by atoms with Gasteiger partial charge in [-0.3, -0.25) is 29.5 Å². The number of hydrazine groups is 1. The third-order valence-corrected chi connectivity index (χ3v) is 13.5. The van der Waals surface area contributed by atoms with Crippen LogP contribution in [0.2, 0.25) is 10.0 Å². The Kier molecular flexibility index (Phi) is 9.87. The largest absolute Gasteiger partial charge is 0.504 e. The van der Waals surface area contributed by atoms with E-state index in [1.165, 1.54) is 24.1 Å². The Hall–Kier alpha value is -6.89. The molecule has 14 heteroatoms. The predicted octanol–water partition coefficient (Wildman–Crippen LogP) is 9.26. The van der Waals surface area contributed by atoms with E-state index in [1.807, 2.05) is 42.5 Å². The van der Waals surface area contributed by atoms with Crippen molar-refractivity contribution in [2.24, 2.45) is 29.6 Å². The number of anilines is 2. The standard InChI is InChI=1S/C49H38Cl2N4O8/c1-61-31-16-11-28(12-17-31)49-35(20-7-26-8-22-40(56)42(23-26)62-2)32-18-19-33-43(34(32)25-36(49)46(58)55(48(49)60)53-38-21-13-29(50)24-37(38)51)47(59)54(45(33)57)30-14-9-27(10-15-30)44-52-39-5-3-4-6-41(39)63-44/h3-18,20-24,33-36,43,53,56H,19,25H2,1-2H3/t33-,34+,35-,36-,43-,49-/m0/s1. The van der Waals surface area contributed by atoms with Gasteiger partial charge in [-0.05, 0) is 109 Å². The molecule has 4 amide bonds. The highest BCUT2D eigenvalue weighted by molar-refractivity contribution is 6.36. The second-order valence-electron chi connectivity index (χ2n) is 16.1. The van der Waals surface area contributed by atoms with E-state index < -0.39 is 46.8 Å². The number of phenolic OH excluding ortho intramolecular Hbond substituents is 1. The lowest BCUT2D eigenvalue weighted by atomic mass is 9.50. The number of hydrogen-bond donors (Lipinski definition) is 2.